The van der Waals surface area contributed by atoms with Crippen LogP contribution in [0.3, 0.4) is 0 Å². The molecule has 124 valence electrons. The normalized spacial score (nSPS) is 12.7. The van der Waals surface area contributed by atoms with Gasteiger partial charge in [0.15, 0.2) is 17.9 Å². The van der Waals surface area contributed by atoms with E-state index in [2.05, 4.69) is 4.74 Å². The van der Waals surface area contributed by atoms with Crippen LogP contribution in [0.4, 0.5) is 4.39 Å². The lowest BCUT2D eigenvalue weighted by Crippen LogP contribution is -2.18. The van der Waals surface area contributed by atoms with Crippen LogP contribution in [0.25, 0.3) is 0 Å². The van der Waals surface area contributed by atoms with Crippen LogP contribution in [0.2, 0.25) is 0 Å². The molecule has 0 N–H and O–H groups in total. The van der Waals surface area contributed by atoms with Crippen molar-refractivity contribution in [1.82, 2.24) is 0 Å². The SMILES string of the molecule is CCOC(C)Oc1cc(C(=O)OCCS(=O)(=O)[O-])ccc1F. The molecule has 22 heavy (non-hydrogen) atoms. The summed E-state index contributed by atoms with van der Waals surface area (Å²) in [4.78, 5) is 11.7. The Morgan fingerprint density at radius 2 is 2.09 bits per heavy atom. The molecule has 0 fully saturated rings. The summed E-state index contributed by atoms with van der Waals surface area (Å²) in [5, 5.41) is 0. The molecule has 0 aliphatic rings. The average molecular weight is 335 g/mol. The zero-order valence-electron chi connectivity index (χ0n) is 12.1. The Labute approximate surface area is 127 Å². The van der Waals surface area contributed by atoms with Gasteiger partial charge in [0.1, 0.15) is 6.61 Å². The number of hydrogen-bond acceptors (Lipinski definition) is 7. The first-order chi connectivity index (χ1) is 10.2. The van der Waals surface area contributed by atoms with Gasteiger partial charge in [-0.25, -0.2) is 17.6 Å². The third-order valence-electron chi connectivity index (χ3n) is 2.43. The summed E-state index contributed by atoms with van der Waals surface area (Å²) in [5.41, 5.74) is -0.0385. The lowest BCUT2D eigenvalue weighted by molar-refractivity contribution is -0.0631. The van der Waals surface area contributed by atoms with Crippen LogP contribution in [0.15, 0.2) is 18.2 Å². The minimum atomic E-state index is -4.47. The van der Waals surface area contributed by atoms with Crippen LogP contribution in [0.1, 0.15) is 24.2 Å². The molecule has 7 nitrogen and oxygen atoms in total. The largest absolute Gasteiger partial charge is 0.748 e. The number of carbonyl (C=O) groups excluding carboxylic acids is 1. The number of rotatable bonds is 8. The molecule has 1 unspecified atom stereocenters. The zero-order chi connectivity index (χ0) is 16.8. The number of halogens is 1. The first-order valence-electron chi connectivity index (χ1n) is 6.41. The van der Waals surface area contributed by atoms with Gasteiger partial charge in [-0.15, -0.1) is 0 Å². The fourth-order valence-electron chi connectivity index (χ4n) is 1.49. The van der Waals surface area contributed by atoms with E-state index in [1.807, 2.05) is 0 Å². The van der Waals surface area contributed by atoms with Gasteiger partial charge in [0.25, 0.3) is 0 Å². The predicted molar refractivity (Wildman–Crippen MR) is 73.0 cm³/mol. The molecule has 1 aromatic rings. The molecule has 0 saturated heterocycles. The van der Waals surface area contributed by atoms with Gasteiger partial charge in [0.2, 0.25) is 0 Å². The number of benzene rings is 1. The molecule has 0 saturated carbocycles. The Bertz CT molecular complexity index is 615. The summed E-state index contributed by atoms with van der Waals surface area (Å²) in [5.74, 6) is -2.61. The molecule has 0 amide bonds. The van der Waals surface area contributed by atoms with Crippen LogP contribution in [0, 0.1) is 5.82 Å². The average Bonchev–Trinajstić information content (AvgIpc) is 2.40. The molecule has 0 radical (unpaired) electrons. The molecular formula is C13H16FO7S-. The maximum absolute atomic E-state index is 13.6. The molecular weight excluding hydrogens is 319 g/mol. The summed E-state index contributed by atoms with van der Waals surface area (Å²) in [6, 6.07) is 3.27. The fourth-order valence-corrected chi connectivity index (χ4v) is 1.78. The molecule has 0 heterocycles. The zero-order valence-corrected chi connectivity index (χ0v) is 12.9. The minimum absolute atomic E-state index is 0.0385. The van der Waals surface area contributed by atoms with E-state index < -0.39 is 40.6 Å². The van der Waals surface area contributed by atoms with Crippen molar-refractivity contribution in [3.05, 3.63) is 29.6 Å². The topological polar surface area (TPSA) is 102 Å². The highest BCUT2D eigenvalue weighted by atomic mass is 32.2. The van der Waals surface area contributed by atoms with Gasteiger partial charge in [-0.3, -0.25) is 0 Å². The molecule has 1 aromatic carbocycles. The van der Waals surface area contributed by atoms with Gasteiger partial charge in [0.05, 0.1) is 21.4 Å². The van der Waals surface area contributed by atoms with Crippen molar-refractivity contribution in [2.45, 2.75) is 20.1 Å². The standard InChI is InChI=1S/C13H17FO7S/c1-3-19-9(2)21-12-8-10(4-5-11(12)14)13(15)20-6-7-22(16,17)18/h4-5,8-9H,3,6-7H2,1-2H3,(H,16,17,18)/p-1. The van der Waals surface area contributed by atoms with Crippen LogP contribution in [-0.2, 0) is 19.6 Å². The van der Waals surface area contributed by atoms with Crippen molar-refractivity contribution in [3.8, 4) is 5.75 Å². The summed E-state index contributed by atoms with van der Waals surface area (Å²) < 4.78 is 59.7. The molecule has 9 heteroatoms. The third kappa shape index (κ3) is 6.37. The lowest BCUT2D eigenvalue weighted by atomic mass is 10.2. The fraction of sp³-hybridized carbons (Fsp3) is 0.462. The van der Waals surface area contributed by atoms with E-state index in [0.29, 0.717) is 6.61 Å². The summed E-state index contributed by atoms with van der Waals surface area (Å²) in [7, 11) is -4.47. The van der Waals surface area contributed by atoms with E-state index in [1.54, 1.807) is 13.8 Å². The molecule has 1 rings (SSSR count). The molecule has 0 aliphatic heterocycles. The number of carbonyl (C=O) groups is 1. The Balaban J connectivity index is 2.73. The number of ether oxygens (including phenoxy) is 3. The lowest BCUT2D eigenvalue weighted by Gasteiger charge is -2.15. The number of hydrogen-bond donors (Lipinski definition) is 0. The van der Waals surface area contributed by atoms with Gasteiger partial charge in [-0.1, -0.05) is 0 Å². The summed E-state index contributed by atoms with van der Waals surface area (Å²) in [6.07, 6.45) is -0.712. The molecule has 1 atom stereocenters. The minimum Gasteiger partial charge on any atom is -0.748 e. The van der Waals surface area contributed by atoms with Crippen molar-refractivity contribution >= 4 is 16.1 Å². The highest BCUT2D eigenvalue weighted by Crippen LogP contribution is 2.21. The third-order valence-corrected chi connectivity index (χ3v) is 3.09. The van der Waals surface area contributed by atoms with Crippen molar-refractivity contribution in [1.29, 1.82) is 0 Å². The monoisotopic (exact) mass is 335 g/mol. The summed E-state index contributed by atoms with van der Waals surface area (Å²) >= 11 is 0. The van der Waals surface area contributed by atoms with Gasteiger partial charge in [-0.05, 0) is 32.0 Å². The van der Waals surface area contributed by atoms with Crippen molar-refractivity contribution in [2.75, 3.05) is 19.0 Å². The second kappa shape index (κ2) is 8.06. The number of esters is 1. The maximum Gasteiger partial charge on any atom is 0.338 e. The van der Waals surface area contributed by atoms with Crippen molar-refractivity contribution in [3.63, 3.8) is 0 Å². The first kappa shape index (κ1) is 18.3. The Morgan fingerprint density at radius 3 is 2.68 bits per heavy atom. The Hall–Kier alpha value is -1.71. The second-order valence-electron chi connectivity index (χ2n) is 4.18. The van der Waals surface area contributed by atoms with Crippen LogP contribution < -0.4 is 4.74 Å². The second-order valence-corrected chi connectivity index (χ2v) is 5.71. The molecule has 0 aliphatic carbocycles. The van der Waals surface area contributed by atoms with Crippen molar-refractivity contribution < 1.29 is 36.4 Å². The van der Waals surface area contributed by atoms with Crippen molar-refractivity contribution in [2.24, 2.45) is 0 Å². The molecule has 0 spiro atoms. The Morgan fingerprint density at radius 1 is 1.41 bits per heavy atom. The van der Waals surface area contributed by atoms with Crippen LogP contribution >= 0.6 is 0 Å². The first-order valence-corrected chi connectivity index (χ1v) is 7.99. The van der Waals surface area contributed by atoms with Crippen LogP contribution in [-0.4, -0.2) is 44.2 Å². The maximum atomic E-state index is 13.6. The van der Waals surface area contributed by atoms with E-state index in [9.17, 15) is 22.2 Å². The molecule has 0 bridgehead atoms. The highest BCUT2D eigenvalue weighted by Gasteiger charge is 2.14. The van der Waals surface area contributed by atoms with Gasteiger partial charge in [-0.2, -0.15) is 0 Å². The van der Waals surface area contributed by atoms with Gasteiger partial charge >= 0.3 is 5.97 Å². The van der Waals surface area contributed by atoms with E-state index in [-0.39, 0.29) is 11.3 Å². The van der Waals surface area contributed by atoms with E-state index in [4.69, 9.17) is 9.47 Å². The smallest absolute Gasteiger partial charge is 0.338 e. The highest BCUT2D eigenvalue weighted by molar-refractivity contribution is 7.85. The van der Waals surface area contributed by atoms with E-state index in [0.717, 1.165) is 18.2 Å². The quantitative estimate of drug-likeness (QED) is 0.401. The Kier molecular flexibility index (Phi) is 6.72. The van der Waals surface area contributed by atoms with E-state index >= 15 is 0 Å². The van der Waals surface area contributed by atoms with Gasteiger partial charge < -0.3 is 18.8 Å². The van der Waals surface area contributed by atoms with Gasteiger partial charge in [0, 0.05) is 6.61 Å². The summed E-state index contributed by atoms with van der Waals surface area (Å²) in [6.45, 7) is 3.10. The predicted octanol–water partition coefficient (Wildman–Crippen LogP) is 1.29. The van der Waals surface area contributed by atoms with E-state index in [1.165, 1.54) is 0 Å². The van der Waals surface area contributed by atoms with Crippen LogP contribution in [0.5, 0.6) is 5.75 Å². The molecule has 0 aromatic heterocycles.